The van der Waals surface area contributed by atoms with Crippen LogP contribution < -0.4 is 0 Å². The molecule has 0 fully saturated rings. The second kappa shape index (κ2) is 18.0. The SMILES string of the molecule is CCC(C)(C)c1ccc(-n2c(-c3cc(C(C)C)cc(C(C)C)c3O)nc3c(-c4cc(-c5cc(-c6ccc(-c7ccccc7)cc6)ccn5)cc(C(C)(C)C)c4)cccc32)c(-c2ccccc2)c1. The van der Waals surface area contributed by atoms with Crippen LogP contribution in [0.25, 0.3) is 83.9 Å². The number of aromatic nitrogens is 3. The summed E-state index contributed by atoms with van der Waals surface area (Å²) in [5.41, 5.74) is 18.9. The fourth-order valence-corrected chi connectivity index (χ4v) is 9.20. The lowest BCUT2D eigenvalue weighted by atomic mass is 9.81. The Kier molecular flexibility index (Phi) is 12.1. The number of nitrogens with zero attached hydrogens (tertiary/aromatic N) is 3. The molecule has 9 rings (SSSR count). The molecule has 2 heterocycles. The maximum absolute atomic E-state index is 12.4. The number of aromatic hydroxyl groups is 1. The summed E-state index contributed by atoms with van der Waals surface area (Å²) in [5, 5.41) is 12.4. The van der Waals surface area contributed by atoms with Gasteiger partial charge in [-0.15, -0.1) is 0 Å². The van der Waals surface area contributed by atoms with E-state index in [2.05, 4.69) is 238 Å². The van der Waals surface area contributed by atoms with Crippen LogP contribution in [-0.4, -0.2) is 19.6 Å². The molecule has 4 heteroatoms. The van der Waals surface area contributed by atoms with Crippen LogP contribution in [0, 0.1) is 0 Å². The summed E-state index contributed by atoms with van der Waals surface area (Å²) in [4.78, 5) is 10.7. The average molecular weight is 878 g/mol. The number of pyridine rings is 1. The minimum Gasteiger partial charge on any atom is -0.507 e. The van der Waals surface area contributed by atoms with Crippen LogP contribution in [-0.2, 0) is 10.8 Å². The molecule has 0 unspecified atom stereocenters. The van der Waals surface area contributed by atoms with Gasteiger partial charge in [-0.2, -0.15) is 0 Å². The largest absolute Gasteiger partial charge is 0.507 e. The van der Waals surface area contributed by atoms with Gasteiger partial charge in [0.15, 0.2) is 0 Å². The molecule has 0 aliphatic rings. The van der Waals surface area contributed by atoms with Gasteiger partial charge in [-0.1, -0.05) is 184 Å². The van der Waals surface area contributed by atoms with Crippen molar-refractivity contribution in [2.45, 2.75) is 98.3 Å². The molecule has 9 aromatic rings. The molecular formula is C63H63N3O. The monoisotopic (exact) mass is 877 g/mol. The average Bonchev–Trinajstić information content (AvgIpc) is 3.73. The Labute approximate surface area is 398 Å². The van der Waals surface area contributed by atoms with Crippen LogP contribution in [0.4, 0.5) is 0 Å². The Morgan fingerprint density at radius 1 is 0.522 bits per heavy atom. The zero-order chi connectivity index (χ0) is 47.2. The Bertz CT molecular complexity index is 3220. The van der Waals surface area contributed by atoms with Gasteiger partial charge in [0, 0.05) is 22.9 Å². The van der Waals surface area contributed by atoms with Crippen molar-refractivity contribution in [2.75, 3.05) is 0 Å². The number of hydrogen-bond acceptors (Lipinski definition) is 3. The predicted molar refractivity (Wildman–Crippen MR) is 283 cm³/mol. The zero-order valence-corrected chi connectivity index (χ0v) is 40.8. The normalized spacial score (nSPS) is 12.1. The van der Waals surface area contributed by atoms with E-state index in [0.717, 1.165) is 78.9 Å². The molecule has 0 atom stereocenters. The highest BCUT2D eigenvalue weighted by Crippen LogP contribution is 2.45. The standard InChI is InChI=1S/C63H63N3O/c1-11-63(9,10)50-29-30-57(54(39-50)45-21-16-13-17-22-45)66-58-24-18-23-52(59(58)65-61(66)55-37-47(40(2)3)36-53(41(4)5)60(55)67)48-33-49(35-51(34-48)62(6,7)8)56-38-46(31-32-64-56)44-27-25-43(26-28-44)42-19-14-12-15-20-42/h12-41,67H,11H2,1-10H3. The summed E-state index contributed by atoms with van der Waals surface area (Å²) in [6.07, 6.45) is 2.93. The van der Waals surface area contributed by atoms with Gasteiger partial charge in [0.05, 0.1) is 28.0 Å². The van der Waals surface area contributed by atoms with E-state index in [1.165, 1.54) is 27.8 Å². The Balaban J connectivity index is 1.28. The van der Waals surface area contributed by atoms with Crippen LogP contribution in [0.3, 0.4) is 0 Å². The van der Waals surface area contributed by atoms with Crippen LogP contribution in [0.1, 0.15) is 110 Å². The molecule has 0 bridgehead atoms. The van der Waals surface area contributed by atoms with Crippen molar-refractivity contribution in [3.63, 3.8) is 0 Å². The lowest BCUT2D eigenvalue weighted by Gasteiger charge is -2.26. The molecule has 7 aromatic carbocycles. The number of hydrogen-bond donors (Lipinski definition) is 1. The van der Waals surface area contributed by atoms with Crippen molar-refractivity contribution in [1.82, 2.24) is 14.5 Å². The topological polar surface area (TPSA) is 50.9 Å². The second-order valence-electron chi connectivity index (χ2n) is 20.5. The Morgan fingerprint density at radius 3 is 1.81 bits per heavy atom. The summed E-state index contributed by atoms with van der Waals surface area (Å²) in [7, 11) is 0. The van der Waals surface area contributed by atoms with Gasteiger partial charge in [-0.25, -0.2) is 4.98 Å². The maximum atomic E-state index is 12.4. The Hall–Kier alpha value is -7.04. The predicted octanol–water partition coefficient (Wildman–Crippen LogP) is 17.4. The quantitative estimate of drug-likeness (QED) is 0.141. The molecule has 0 aliphatic carbocycles. The third-order valence-electron chi connectivity index (χ3n) is 13.9. The van der Waals surface area contributed by atoms with Crippen molar-refractivity contribution in [1.29, 1.82) is 0 Å². The van der Waals surface area contributed by atoms with Crippen molar-refractivity contribution in [3.8, 4) is 78.6 Å². The first-order chi connectivity index (χ1) is 32.1. The van der Waals surface area contributed by atoms with Gasteiger partial charge < -0.3 is 5.11 Å². The number of imidazole rings is 1. The zero-order valence-electron chi connectivity index (χ0n) is 40.8. The summed E-state index contributed by atoms with van der Waals surface area (Å²) in [6.45, 7) is 22.4. The van der Waals surface area contributed by atoms with Gasteiger partial charge in [0.1, 0.15) is 11.6 Å². The number of rotatable bonds is 11. The van der Waals surface area contributed by atoms with Crippen molar-refractivity contribution >= 4 is 11.0 Å². The van der Waals surface area contributed by atoms with E-state index in [9.17, 15) is 5.11 Å². The first-order valence-corrected chi connectivity index (χ1v) is 24.0. The smallest absolute Gasteiger partial charge is 0.149 e. The van der Waals surface area contributed by atoms with E-state index in [1.54, 1.807) is 0 Å². The molecule has 0 amide bonds. The molecule has 1 N–H and O–H groups in total. The summed E-state index contributed by atoms with van der Waals surface area (Å²) < 4.78 is 2.30. The van der Waals surface area contributed by atoms with Gasteiger partial charge in [-0.05, 0) is 133 Å². The Morgan fingerprint density at radius 2 is 1.16 bits per heavy atom. The molecule has 0 spiro atoms. The fraction of sp³-hybridized carbons (Fsp3) is 0.238. The van der Waals surface area contributed by atoms with Gasteiger partial charge in [0.2, 0.25) is 0 Å². The lowest BCUT2D eigenvalue weighted by molar-refractivity contribution is 0.466. The van der Waals surface area contributed by atoms with Crippen LogP contribution in [0.15, 0.2) is 170 Å². The third-order valence-corrected chi connectivity index (χ3v) is 13.9. The number of fused-ring (bicyclic) bond motifs is 1. The molecule has 4 nitrogen and oxygen atoms in total. The molecule has 0 radical (unpaired) electrons. The molecule has 336 valence electrons. The summed E-state index contributed by atoms with van der Waals surface area (Å²) in [6, 6.07) is 59.0. The molecular weight excluding hydrogens is 815 g/mol. The number of para-hydroxylation sites is 1. The van der Waals surface area contributed by atoms with E-state index in [1.807, 2.05) is 6.20 Å². The number of benzene rings is 7. The van der Waals surface area contributed by atoms with Crippen molar-refractivity contribution < 1.29 is 5.11 Å². The van der Waals surface area contributed by atoms with Crippen LogP contribution >= 0.6 is 0 Å². The highest BCUT2D eigenvalue weighted by Gasteiger charge is 2.27. The second-order valence-corrected chi connectivity index (χ2v) is 20.5. The molecule has 67 heavy (non-hydrogen) atoms. The minimum absolute atomic E-state index is 0.0256. The van der Waals surface area contributed by atoms with Crippen molar-refractivity contribution in [2.24, 2.45) is 0 Å². The van der Waals surface area contributed by atoms with Crippen LogP contribution in [0.5, 0.6) is 5.75 Å². The van der Waals surface area contributed by atoms with Crippen LogP contribution in [0.2, 0.25) is 0 Å². The highest BCUT2D eigenvalue weighted by atomic mass is 16.3. The van der Waals surface area contributed by atoms with Crippen molar-refractivity contribution in [3.05, 3.63) is 192 Å². The molecule has 0 aliphatic heterocycles. The maximum Gasteiger partial charge on any atom is 0.149 e. The highest BCUT2D eigenvalue weighted by molar-refractivity contribution is 5.98. The van der Waals surface area contributed by atoms with E-state index in [4.69, 9.17) is 9.97 Å². The minimum atomic E-state index is -0.150. The number of phenolic OH excluding ortho intramolecular Hbond substituents is 1. The summed E-state index contributed by atoms with van der Waals surface area (Å²) >= 11 is 0. The molecule has 0 saturated carbocycles. The van der Waals surface area contributed by atoms with E-state index in [-0.39, 0.29) is 28.4 Å². The third kappa shape index (κ3) is 8.86. The van der Waals surface area contributed by atoms with E-state index in [0.29, 0.717) is 5.82 Å². The fourth-order valence-electron chi connectivity index (χ4n) is 9.20. The first-order valence-electron chi connectivity index (χ1n) is 24.0. The number of phenols is 1. The summed E-state index contributed by atoms with van der Waals surface area (Å²) in [5.74, 6) is 1.35. The first kappa shape index (κ1) is 45.1. The molecule has 2 aromatic heterocycles. The van der Waals surface area contributed by atoms with Gasteiger partial charge >= 0.3 is 0 Å². The van der Waals surface area contributed by atoms with Gasteiger partial charge in [-0.3, -0.25) is 9.55 Å². The molecule has 0 saturated heterocycles. The van der Waals surface area contributed by atoms with Gasteiger partial charge in [0.25, 0.3) is 0 Å². The lowest BCUT2D eigenvalue weighted by Crippen LogP contribution is -2.16. The van der Waals surface area contributed by atoms with E-state index < -0.39 is 0 Å². The van der Waals surface area contributed by atoms with E-state index >= 15 is 0 Å².